The lowest BCUT2D eigenvalue weighted by atomic mass is 9.96. The van der Waals surface area contributed by atoms with Crippen molar-refractivity contribution in [3.63, 3.8) is 0 Å². The summed E-state index contributed by atoms with van der Waals surface area (Å²) >= 11 is 1.37. The highest BCUT2D eigenvalue weighted by Gasteiger charge is 2.48. The van der Waals surface area contributed by atoms with Crippen molar-refractivity contribution in [1.82, 2.24) is 20.5 Å². The van der Waals surface area contributed by atoms with Crippen molar-refractivity contribution in [3.8, 4) is 33.3 Å². The molecule has 0 amide bonds. The van der Waals surface area contributed by atoms with Crippen molar-refractivity contribution >= 4 is 16.5 Å². The van der Waals surface area contributed by atoms with Crippen LogP contribution in [0.2, 0.25) is 0 Å². The number of pyridine rings is 1. The quantitative estimate of drug-likeness (QED) is 0.503. The Morgan fingerprint density at radius 2 is 1.97 bits per heavy atom. The number of anilines is 1. The summed E-state index contributed by atoms with van der Waals surface area (Å²) in [6, 6.07) is 8.37. The average Bonchev–Trinajstić information content (AvgIpc) is 3.40. The summed E-state index contributed by atoms with van der Waals surface area (Å²) in [5.74, 6) is -0.494. The Bertz CT molecular complexity index is 1220. The predicted molar refractivity (Wildman–Crippen MR) is 125 cm³/mol. The number of aromatic nitrogens is 3. The van der Waals surface area contributed by atoms with Gasteiger partial charge >= 0.3 is 0 Å². The summed E-state index contributed by atoms with van der Waals surface area (Å²) in [6.45, 7) is 0. The number of fused-ring (bicyclic) bond motifs is 2. The Hall–Kier alpha value is -2.85. The van der Waals surface area contributed by atoms with E-state index in [2.05, 4.69) is 25.4 Å². The molecule has 2 aliphatic heterocycles. The van der Waals surface area contributed by atoms with E-state index in [1.54, 1.807) is 24.3 Å². The van der Waals surface area contributed by atoms with Crippen LogP contribution in [0.25, 0.3) is 21.7 Å². The van der Waals surface area contributed by atoms with E-state index >= 15 is 4.39 Å². The smallest absolute Gasteiger partial charge is 0.216 e. The van der Waals surface area contributed by atoms with Crippen molar-refractivity contribution in [2.24, 2.45) is 0 Å². The lowest BCUT2D eigenvalue weighted by Gasteiger charge is -2.40. The summed E-state index contributed by atoms with van der Waals surface area (Å²) in [5, 5.41) is 24.2. The van der Waals surface area contributed by atoms with Crippen LogP contribution in [0.4, 0.5) is 13.9 Å². The van der Waals surface area contributed by atoms with Gasteiger partial charge in [-0.1, -0.05) is 17.4 Å². The molecular formula is C24H25F2N5O2S. The van der Waals surface area contributed by atoms with Crippen LogP contribution >= 0.6 is 11.3 Å². The van der Waals surface area contributed by atoms with E-state index in [4.69, 9.17) is 4.74 Å². The van der Waals surface area contributed by atoms with Crippen LogP contribution in [-0.2, 0) is 0 Å². The van der Waals surface area contributed by atoms with Crippen LogP contribution in [0, 0.1) is 5.95 Å². The first-order chi connectivity index (χ1) is 16.5. The van der Waals surface area contributed by atoms with Crippen LogP contribution in [0.3, 0.4) is 0 Å². The molecule has 6 rings (SSSR count). The van der Waals surface area contributed by atoms with Crippen LogP contribution in [-0.4, -0.2) is 57.7 Å². The number of nitrogens with one attached hydrogen (secondary N) is 1. The summed E-state index contributed by atoms with van der Waals surface area (Å²) < 4.78 is 34.2. The average molecular weight is 486 g/mol. The van der Waals surface area contributed by atoms with Crippen molar-refractivity contribution < 1.29 is 18.6 Å². The fourth-order valence-electron chi connectivity index (χ4n) is 5.23. The summed E-state index contributed by atoms with van der Waals surface area (Å²) in [7, 11) is 1.42. The van der Waals surface area contributed by atoms with E-state index in [9.17, 15) is 9.50 Å². The van der Waals surface area contributed by atoms with Gasteiger partial charge < -0.3 is 20.1 Å². The SMILES string of the molecule is COc1cc(-c2ccc(-c3nnc(N(C4CC4)[C@@H]4CC5CCC(N5)[C@@H]4F)s3)c(O)c2)cc(F)n1. The fourth-order valence-corrected chi connectivity index (χ4v) is 6.24. The monoisotopic (exact) mass is 485 g/mol. The number of piperidine rings is 1. The Balaban J connectivity index is 1.29. The number of methoxy groups -OCH3 is 1. The standard InChI is InChI=1S/C24H25F2N5O2S/c1-33-21-10-13(9-20(25)28-21)12-2-6-16(19(32)8-12)23-29-30-24(34-23)31(15-4-5-15)18-11-14-3-7-17(27-14)22(18)26/h2,6,8-10,14-15,17-18,22,27,32H,3-5,7,11H2,1H3/t14?,17?,18-,22+/m1/s1. The predicted octanol–water partition coefficient (Wildman–Crippen LogP) is 4.32. The van der Waals surface area contributed by atoms with Gasteiger partial charge in [-0.05, 0) is 55.4 Å². The third-order valence-electron chi connectivity index (χ3n) is 7.03. The second-order valence-corrected chi connectivity index (χ2v) is 10.2. The molecule has 4 atom stereocenters. The van der Waals surface area contributed by atoms with Gasteiger partial charge in [-0.25, -0.2) is 4.39 Å². The van der Waals surface area contributed by atoms with E-state index in [0.29, 0.717) is 38.9 Å². The van der Waals surface area contributed by atoms with Gasteiger partial charge in [0.05, 0.1) is 18.7 Å². The molecule has 1 saturated carbocycles. The van der Waals surface area contributed by atoms with Crippen LogP contribution in [0.1, 0.15) is 32.1 Å². The number of hydrogen-bond donors (Lipinski definition) is 2. The maximum absolute atomic E-state index is 15.3. The minimum atomic E-state index is -0.933. The number of nitrogens with zero attached hydrogens (tertiary/aromatic N) is 4. The van der Waals surface area contributed by atoms with Crippen LogP contribution in [0.15, 0.2) is 30.3 Å². The lowest BCUT2D eigenvalue weighted by molar-refractivity contribution is 0.172. The third-order valence-corrected chi connectivity index (χ3v) is 8.00. The molecule has 1 aromatic carbocycles. The molecule has 2 N–H and O–H groups in total. The highest BCUT2D eigenvalue weighted by molar-refractivity contribution is 7.18. The zero-order valence-electron chi connectivity index (χ0n) is 18.6. The molecule has 10 heteroatoms. The molecule has 0 spiro atoms. The maximum Gasteiger partial charge on any atom is 0.216 e. The number of rotatable bonds is 6. The van der Waals surface area contributed by atoms with Crippen molar-refractivity contribution in [2.45, 2.75) is 62.4 Å². The fraction of sp³-hybridized carbons (Fsp3) is 0.458. The minimum Gasteiger partial charge on any atom is -0.507 e. The Labute approximate surface area is 199 Å². The van der Waals surface area contributed by atoms with Gasteiger partial charge in [-0.2, -0.15) is 9.37 Å². The lowest BCUT2D eigenvalue weighted by Crippen LogP contribution is -2.57. The van der Waals surface area contributed by atoms with Crippen molar-refractivity contribution in [1.29, 1.82) is 0 Å². The van der Waals surface area contributed by atoms with Gasteiger partial charge in [0.15, 0.2) is 5.01 Å². The first-order valence-electron chi connectivity index (χ1n) is 11.6. The number of hydrogen-bond acceptors (Lipinski definition) is 8. The Morgan fingerprint density at radius 1 is 1.12 bits per heavy atom. The number of halogens is 2. The van der Waals surface area contributed by atoms with E-state index < -0.39 is 12.1 Å². The van der Waals surface area contributed by atoms with Crippen molar-refractivity contribution in [2.75, 3.05) is 12.0 Å². The molecule has 4 heterocycles. The van der Waals surface area contributed by atoms with Crippen molar-refractivity contribution in [3.05, 3.63) is 36.3 Å². The molecule has 34 heavy (non-hydrogen) atoms. The number of alkyl halides is 1. The molecule has 3 aliphatic rings. The Kier molecular flexibility index (Phi) is 5.37. The van der Waals surface area contributed by atoms with E-state index in [1.807, 2.05) is 0 Å². The van der Waals surface area contributed by atoms with Gasteiger partial charge in [-0.3, -0.25) is 0 Å². The molecule has 178 valence electrons. The zero-order valence-corrected chi connectivity index (χ0v) is 19.4. The molecule has 1 aliphatic carbocycles. The minimum absolute atomic E-state index is 0.0117. The topological polar surface area (TPSA) is 83.4 Å². The second-order valence-electron chi connectivity index (χ2n) is 9.28. The summed E-state index contributed by atoms with van der Waals surface area (Å²) in [6.07, 6.45) is 3.82. The molecule has 2 saturated heterocycles. The number of aromatic hydroxyl groups is 1. The molecular weight excluding hydrogens is 460 g/mol. The molecule has 2 unspecified atom stereocenters. The van der Waals surface area contributed by atoms with Gasteiger partial charge in [0.1, 0.15) is 11.9 Å². The maximum atomic E-state index is 15.3. The normalized spacial score (nSPS) is 26.0. The van der Waals surface area contributed by atoms with E-state index in [0.717, 1.165) is 32.1 Å². The molecule has 7 nitrogen and oxygen atoms in total. The van der Waals surface area contributed by atoms with Gasteiger partial charge in [-0.15, -0.1) is 10.2 Å². The Morgan fingerprint density at radius 3 is 2.74 bits per heavy atom. The highest BCUT2D eigenvalue weighted by atomic mass is 32.1. The number of ether oxygens (including phenoxy) is 1. The van der Waals surface area contributed by atoms with E-state index in [1.165, 1.54) is 24.5 Å². The van der Waals surface area contributed by atoms with E-state index in [-0.39, 0.29) is 23.7 Å². The molecule has 2 bridgehead atoms. The molecule has 3 aromatic rings. The van der Waals surface area contributed by atoms with Crippen LogP contribution < -0.4 is 15.0 Å². The molecule has 3 fully saturated rings. The largest absolute Gasteiger partial charge is 0.507 e. The van der Waals surface area contributed by atoms with Gasteiger partial charge in [0, 0.05) is 30.3 Å². The first kappa shape index (κ1) is 21.7. The number of benzene rings is 1. The number of phenols is 1. The molecule has 0 radical (unpaired) electrons. The summed E-state index contributed by atoms with van der Waals surface area (Å²) in [4.78, 5) is 5.81. The van der Waals surface area contributed by atoms with Crippen LogP contribution in [0.5, 0.6) is 11.6 Å². The second kappa shape index (κ2) is 8.42. The third kappa shape index (κ3) is 3.88. The summed E-state index contributed by atoms with van der Waals surface area (Å²) in [5.41, 5.74) is 1.70. The highest BCUT2D eigenvalue weighted by Crippen LogP contribution is 2.44. The first-order valence-corrected chi connectivity index (χ1v) is 12.4. The van der Waals surface area contributed by atoms with Gasteiger partial charge in [0.25, 0.3) is 0 Å². The molecule has 2 aromatic heterocycles. The number of phenolic OH excluding ortho intramolecular Hbond substituents is 1. The van der Waals surface area contributed by atoms with Gasteiger partial charge in [0.2, 0.25) is 17.0 Å². The zero-order chi connectivity index (χ0) is 23.4.